The summed E-state index contributed by atoms with van der Waals surface area (Å²) in [5.74, 6) is 0. The Morgan fingerprint density at radius 3 is 1.00 bits per heavy atom. The monoisotopic (exact) mass is 213 g/mol. The minimum Gasteiger partial charge on any atom is -0.265 e. The summed E-state index contributed by atoms with van der Waals surface area (Å²) in [6, 6.07) is 5.72. The van der Waals surface area contributed by atoms with Gasteiger partial charge >= 0.3 is 0 Å². The third-order valence-electron chi connectivity index (χ3n) is 1.82. The minimum absolute atomic E-state index is 0. The van der Waals surface area contributed by atoms with Crippen molar-refractivity contribution in [2.75, 3.05) is 0 Å². The first kappa shape index (κ1) is 23.8. The predicted molar refractivity (Wildman–Crippen MR) is 74.2 cm³/mol. The fraction of sp³-hybridized carbons (Fsp3) is 0.643. The van der Waals surface area contributed by atoms with Crippen LogP contribution in [0.2, 0.25) is 0 Å². The maximum absolute atomic E-state index is 3.78. The standard InChI is InChI=1S/C5H5N.C5H10.4CH4/c1-2-4-6-5-3-1;1-2-4-5-3-1;;;;/h1-5H;1-5H2;4*1H4. The molecule has 1 heteroatoms. The lowest BCUT2D eigenvalue weighted by molar-refractivity contribution is 0.886. The highest BCUT2D eigenvalue weighted by Gasteiger charge is 1.95. The molecule has 0 spiro atoms. The summed E-state index contributed by atoms with van der Waals surface area (Å²) in [5, 5.41) is 0. The van der Waals surface area contributed by atoms with Gasteiger partial charge in [0.05, 0.1) is 0 Å². The largest absolute Gasteiger partial charge is 0.265 e. The van der Waals surface area contributed by atoms with Crippen LogP contribution in [0.15, 0.2) is 30.6 Å². The summed E-state index contributed by atoms with van der Waals surface area (Å²) in [7, 11) is 0. The molecule has 1 nitrogen and oxygen atoms in total. The van der Waals surface area contributed by atoms with Gasteiger partial charge in [0.1, 0.15) is 0 Å². The Morgan fingerprint density at radius 2 is 0.867 bits per heavy atom. The van der Waals surface area contributed by atoms with Crippen LogP contribution in [-0.2, 0) is 0 Å². The molecular weight excluding hydrogens is 182 g/mol. The lowest BCUT2D eigenvalue weighted by Gasteiger charge is -1.70. The summed E-state index contributed by atoms with van der Waals surface area (Å²) in [6.07, 6.45) is 11.0. The van der Waals surface area contributed by atoms with Crippen LogP contribution >= 0.6 is 0 Å². The zero-order valence-electron chi connectivity index (χ0n) is 6.87. The van der Waals surface area contributed by atoms with Gasteiger partial charge < -0.3 is 0 Å². The van der Waals surface area contributed by atoms with Gasteiger partial charge in [0.25, 0.3) is 0 Å². The summed E-state index contributed by atoms with van der Waals surface area (Å²) in [4.78, 5) is 3.78. The molecular formula is C14H31N. The van der Waals surface area contributed by atoms with E-state index in [1.54, 1.807) is 12.4 Å². The van der Waals surface area contributed by atoms with Crippen LogP contribution in [0.25, 0.3) is 0 Å². The van der Waals surface area contributed by atoms with Gasteiger partial charge in [0.15, 0.2) is 0 Å². The third kappa shape index (κ3) is 15.9. The number of pyridine rings is 1. The lowest BCUT2D eigenvalue weighted by atomic mass is 10.4. The zero-order valence-corrected chi connectivity index (χ0v) is 6.87. The second-order valence-corrected chi connectivity index (χ2v) is 2.79. The smallest absolute Gasteiger partial charge is 0.0267 e. The second-order valence-electron chi connectivity index (χ2n) is 2.79. The van der Waals surface area contributed by atoms with Gasteiger partial charge in [-0.3, -0.25) is 4.98 Å². The van der Waals surface area contributed by atoms with Crippen molar-refractivity contribution in [1.29, 1.82) is 0 Å². The van der Waals surface area contributed by atoms with Crippen molar-refractivity contribution < 1.29 is 0 Å². The van der Waals surface area contributed by atoms with Crippen molar-refractivity contribution in [1.82, 2.24) is 4.98 Å². The van der Waals surface area contributed by atoms with Crippen molar-refractivity contribution in [3.05, 3.63) is 30.6 Å². The van der Waals surface area contributed by atoms with E-state index in [1.165, 1.54) is 32.1 Å². The Labute approximate surface area is 98.0 Å². The first-order chi connectivity index (χ1) is 5.50. The van der Waals surface area contributed by atoms with Gasteiger partial charge in [0.2, 0.25) is 0 Å². The van der Waals surface area contributed by atoms with E-state index in [0.717, 1.165) is 0 Å². The van der Waals surface area contributed by atoms with Crippen LogP contribution in [0.3, 0.4) is 0 Å². The predicted octanol–water partition coefficient (Wildman–Crippen LogP) is 5.58. The Morgan fingerprint density at radius 1 is 0.533 bits per heavy atom. The Kier molecular flexibility index (Phi) is 29.8. The van der Waals surface area contributed by atoms with E-state index < -0.39 is 0 Å². The van der Waals surface area contributed by atoms with Gasteiger partial charge in [0, 0.05) is 12.4 Å². The topological polar surface area (TPSA) is 12.9 Å². The molecule has 0 aromatic carbocycles. The van der Waals surface area contributed by atoms with Crippen molar-refractivity contribution in [3.63, 3.8) is 0 Å². The SMILES string of the molecule is C.C.C.C.C1CCCC1.c1ccncc1. The van der Waals surface area contributed by atoms with Crippen molar-refractivity contribution in [2.45, 2.75) is 61.8 Å². The van der Waals surface area contributed by atoms with Crippen molar-refractivity contribution in [2.24, 2.45) is 0 Å². The highest BCUT2D eigenvalue weighted by atomic mass is 14.6. The Balaban J connectivity index is -0.0000000642. The third-order valence-corrected chi connectivity index (χ3v) is 1.82. The molecule has 0 atom stereocenters. The normalized spacial score (nSPS) is 11.2. The quantitative estimate of drug-likeness (QED) is 0.548. The van der Waals surface area contributed by atoms with Crippen LogP contribution < -0.4 is 0 Å². The molecule has 1 aromatic rings. The van der Waals surface area contributed by atoms with E-state index in [-0.39, 0.29) is 29.7 Å². The molecule has 15 heavy (non-hydrogen) atoms. The molecule has 0 aliphatic heterocycles. The van der Waals surface area contributed by atoms with Gasteiger partial charge in [-0.1, -0.05) is 67.9 Å². The van der Waals surface area contributed by atoms with Gasteiger partial charge in [-0.15, -0.1) is 0 Å². The molecule has 0 N–H and O–H groups in total. The van der Waals surface area contributed by atoms with Crippen LogP contribution in [-0.4, -0.2) is 4.98 Å². The molecule has 1 heterocycles. The summed E-state index contributed by atoms with van der Waals surface area (Å²) in [5.41, 5.74) is 0. The molecule has 0 saturated heterocycles. The number of aromatic nitrogens is 1. The van der Waals surface area contributed by atoms with Crippen LogP contribution in [0.1, 0.15) is 61.8 Å². The highest BCUT2D eigenvalue weighted by molar-refractivity contribution is 4.88. The Hall–Kier alpha value is -0.850. The maximum atomic E-state index is 3.78. The molecule has 1 aliphatic carbocycles. The molecule has 0 bridgehead atoms. The first-order valence-electron chi connectivity index (χ1n) is 4.35. The first-order valence-corrected chi connectivity index (χ1v) is 4.35. The van der Waals surface area contributed by atoms with E-state index in [9.17, 15) is 0 Å². The highest BCUT2D eigenvalue weighted by Crippen LogP contribution is 2.15. The van der Waals surface area contributed by atoms with E-state index in [0.29, 0.717) is 0 Å². The number of hydrogen-bond acceptors (Lipinski definition) is 1. The molecule has 1 aliphatic rings. The number of nitrogens with zero attached hydrogens (tertiary/aromatic N) is 1. The number of rotatable bonds is 0. The molecule has 0 amide bonds. The van der Waals surface area contributed by atoms with E-state index in [4.69, 9.17) is 0 Å². The summed E-state index contributed by atoms with van der Waals surface area (Å²) in [6.45, 7) is 0. The molecule has 1 saturated carbocycles. The van der Waals surface area contributed by atoms with Crippen molar-refractivity contribution >= 4 is 0 Å². The molecule has 0 radical (unpaired) electrons. The van der Waals surface area contributed by atoms with Crippen LogP contribution in [0.5, 0.6) is 0 Å². The maximum Gasteiger partial charge on any atom is 0.0267 e. The van der Waals surface area contributed by atoms with E-state index in [1.807, 2.05) is 18.2 Å². The summed E-state index contributed by atoms with van der Waals surface area (Å²) < 4.78 is 0. The fourth-order valence-corrected chi connectivity index (χ4v) is 1.20. The number of hydrogen-bond donors (Lipinski definition) is 0. The fourth-order valence-electron chi connectivity index (χ4n) is 1.20. The Bertz CT molecular complexity index is 122. The van der Waals surface area contributed by atoms with E-state index in [2.05, 4.69) is 4.98 Å². The second kappa shape index (κ2) is 18.8. The molecule has 1 aromatic heterocycles. The van der Waals surface area contributed by atoms with Gasteiger partial charge in [-0.05, 0) is 12.1 Å². The van der Waals surface area contributed by atoms with Crippen LogP contribution in [0, 0.1) is 0 Å². The zero-order chi connectivity index (χ0) is 7.78. The lowest BCUT2D eigenvalue weighted by Crippen LogP contribution is -1.58. The average Bonchev–Trinajstić information content (AvgIpc) is 2.64. The molecule has 92 valence electrons. The summed E-state index contributed by atoms with van der Waals surface area (Å²) >= 11 is 0. The van der Waals surface area contributed by atoms with Crippen LogP contribution in [0.4, 0.5) is 0 Å². The van der Waals surface area contributed by atoms with E-state index >= 15 is 0 Å². The van der Waals surface area contributed by atoms with Crippen molar-refractivity contribution in [3.8, 4) is 0 Å². The average molecular weight is 213 g/mol. The minimum atomic E-state index is 0. The molecule has 0 unspecified atom stereocenters. The molecule has 2 rings (SSSR count). The van der Waals surface area contributed by atoms with Gasteiger partial charge in [-0.25, -0.2) is 0 Å². The van der Waals surface area contributed by atoms with Gasteiger partial charge in [-0.2, -0.15) is 0 Å². The molecule has 1 fully saturated rings.